The molecule has 1 N–H and O–H groups in total. The third kappa shape index (κ3) is 3.34. The largest absolute Gasteiger partial charge is 0.478 e. The van der Waals surface area contributed by atoms with Crippen molar-refractivity contribution >= 4 is 21.9 Å². The molecule has 5 heteroatoms. The molecule has 16 heavy (non-hydrogen) atoms. The number of halogens is 1. The molecular formula is C11H12BrNO3. The van der Waals surface area contributed by atoms with E-state index in [1.807, 2.05) is 0 Å². The summed E-state index contributed by atoms with van der Waals surface area (Å²) in [7, 11) is 0. The van der Waals surface area contributed by atoms with Crippen LogP contribution in [0.5, 0.6) is 0 Å². The summed E-state index contributed by atoms with van der Waals surface area (Å²) in [5, 5.41) is 8.57. The molecule has 1 aromatic heterocycles. The van der Waals surface area contributed by atoms with E-state index in [0.29, 0.717) is 11.1 Å². The van der Waals surface area contributed by atoms with Gasteiger partial charge in [0.2, 0.25) is 0 Å². The van der Waals surface area contributed by atoms with Crippen LogP contribution < -0.4 is 5.56 Å². The molecule has 0 amide bonds. The Morgan fingerprint density at radius 1 is 1.62 bits per heavy atom. The van der Waals surface area contributed by atoms with E-state index in [0.717, 1.165) is 10.5 Å². The molecule has 0 unspecified atom stereocenters. The van der Waals surface area contributed by atoms with Gasteiger partial charge in [-0.2, -0.15) is 0 Å². The van der Waals surface area contributed by atoms with Gasteiger partial charge in [0.25, 0.3) is 5.56 Å². The van der Waals surface area contributed by atoms with E-state index in [1.165, 1.54) is 4.57 Å². The molecule has 0 atom stereocenters. The fourth-order valence-corrected chi connectivity index (χ4v) is 1.97. The summed E-state index contributed by atoms with van der Waals surface area (Å²) in [6.07, 6.45) is 2.75. The molecule has 0 fully saturated rings. The van der Waals surface area contributed by atoms with Gasteiger partial charge in [-0.05, 0) is 41.4 Å². The van der Waals surface area contributed by atoms with Gasteiger partial charge in [-0.15, -0.1) is 0 Å². The van der Waals surface area contributed by atoms with Gasteiger partial charge < -0.3 is 9.67 Å². The second kappa shape index (κ2) is 5.12. The number of allylic oxidation sites excluding steroid dienone is 1. The van der Waals surface area contributed by atoms with Gasteiger partial charge in [0, 0.05) is 28.9 Å². The molecule has 0 saturated carbocycles. The summed E-state index contributed by atoms with van der Waals surface area (Å²) in [4.78, 5) is 22.2. The molecule has 0 aliphatic rings. The van der Waals surface area contributed by atoms with E-state index in [2.05, 4.69) is 15.9 Å². The monoisotopic (exact) mass is 285 g/mol. The van der Waals surface area contributed by atoms with Crippen molar-refractivity contribution < 1.29 is 9.90 Å². The highest BCUT2D eigenvalue weighted by Crippen LogP contribution is 2.09. The maximum absolute atomic E-state index is 11.7. The SMILES string of the molecule is C/C(=C/C(=O)O)Cn1cc(Br)cc(C)c1=O. The van der Waals surface area contributed by atoms with Gasteiger partial charge in [0.1, 0.15) is 0 Å². The van der Waals surface area contributed by atoms with Crippen molar-refractivity contribution in [1.82, 2.24) is 4.57 Å². The predicted octanol–water partition coefficient (Wildman–Crippen LogP) is 1.95. The number of aliphatic carboxylic acids is 1. The number of nitrogens with zero attached hydrogens (tertiary/aromatic N) is 1. The quantitative estimate of drug-likeness (QED) is 0.864. The van der Waals surface area contributed by atoms with Crippen LogP contribution in [-0.2, 0) is 11.3 Å². The fourth-order valence-electron chi connectivity index (χ4n) is 1.38. The number of carbonyl (C=O) groups is 1. The van der Waals surface area contributed by atoms with E-state index in [1.54, 1.807) is 26.1 Å². The van der Waals surface area contributed by atoms with Crippen LogP contribution >= 0.6 is 15.9 Å². The first kappa shape index (κ1) is 12.7. The minimum atomic E-state index is -1.00. The lowest BCUT2D eigenvalue weighted by atomic mass is 10.2. The zero-order valence-corrected chi connectivity index (χ0v) is 10.6. The Balaban J connectivity index is 3.07. The third-order valence-corrected chi connectivity index (χ3v) is 2.46. The summed E-state index contributed by atoms with van der Waals surface area (Å²) in [6.45, 7) is 3.68. The minimum Gasteiger partial charge on any atom is -0.478 e. The van der Waals surface area contributed by atoms with Crippen molar-refractivity contribution in [3.63, 3.8) is 0 Å². The smallest absolute Gasteiger partial charge is 0.328 e. The van der Waals surface area contributed by atoms with Crippen molar-refractivity contribution in [2.24, 2.45) is 0 Å². The molecule has 0 spiro atoms. The van der Waals surface area contributed by atoms with Crippen molar-refractivity contribution in [3.8, 4) is 0 Å². The first-order chi connectivity index (χ1) is 7.40. The molecule has 4 nitrogen and oxygen atoms in total. The van der Waals surface area contributed by atoms with Crippen molar-refractivity contribution in [1.29, 1.82) is 0 Å². The van der Waals surface area contributed by atoms with E-state index < -0.39 is 5.97 Å². The van der Waals surface area contributed by atoms with Crippen molar-refractivity contribution in [2.75, 3.05) is 0 Å². The average Bonchev–Trinajstić information content (AvgIpc) is 2.11. The number of hydrogen-bond acceptors (Lipinski definition) is 2. The van der Waals surface area contributed by atoms with Gasteiger partial charge in [-0.3, -0.25) is 4.79 Å². The van der Waals surface area contributed by atoms with E-state index in [9.17, 15) is 9.59 Å². The number of aromatic nitrogens is 1. The lowest BCUT2D eigenvalue weighted by Crippen LogP contribution is -2.22. The standard InChI is InChI=1S/C11H12BrNO3/c1-7(3-10(14)15)5-13-6-9(12)4-8(2)11(13)16/h3-4,6H,5H2,1-2H3,(H,14,15)/b7-3-. The predicted molar refractivity (Wildman–Crippen MR) is 64.5 cm³/mol. The molecule has 1 aromatic rings. The number of aryl methyl sites for hydroxylation is 1. The second-order valence-corrected chi connectivity index (χ2v) is 4.52. The van der Waals surface area contributed by atoms with Crippen LogP contribution in [0.1, 0.15) is 12.5 Å². The Labute approximate surface area is 101 Å². The van der Waals surface area contributed by atoms with Crippen LogP contribution in [0, 0.1) is 6.92 Å². The van der Waals surface area contributed by atoms with E-state index in [4.69, 9.17) is 5.11 Å². The number of pyridine rings is 1. The molecule has 0 aromatic carbocycles. The summed E-state index contributed by atoms with van der Waals surface area (Å²) in [5.74, 6) is -1.00. The average molecular weight is 286 g/mol. The Morgan fingerprint density at radius 3 is 2.81 bits per heavy atom. The lowest BCUT2D eigenvalue weighted by Gasteiger charge is -2.07. The molecule has 0 aliphatic carbocycles. The molecular weight excluding hydrogens is 274 g/mol. The normalized spacial score (nSPS) is 11.6. The fraction of sp³-hybridized carbons (Fsp3) is 0.273. The Morgan fingerprint density at radius 2 is 2.25 bits per heavy atom. The zero-order valence-electron chi connectivity index (χ0n) is 9.03. The summed E-state index contributed by atoms with van der Waals surface area (Å²) < 4.78 is 2.28. The summed E-state index contributed by atoms with van der Waals surface area (Å²) in [5.41, 5.74) is 1.13. The van der Waals surface area contributed by atoms with Crippen molar-refractivity contribution in [3.05, 3.63) is 44.3 Å². The van der Waals surface area contributed by atoms with E-state index in [-0.39, 0.29) is 12.1 Å². The summed E-state index contributed by atoms with van der Waals surface area (Å²) in [6, 6.07) is 1.73. The van der Waals surface area contributed by atoms with Gasteiger partial charge in [0.05, 0.1) is 0 Å². The van der Waals surface area contributed by atoms with Gasteiger partial charge >= 0.3 is 5.97 Å². The van der Waals surface area contributed by atoms with Crippen LogP contribution in [-0.4, -0.2) is 15.6 Å². The Kier molecular flexibility index (Phi) is 4.06. The van der Waals surface area contributed by atoms with Crippen LogP contribution in [0.2, 0.25) is 0 Å². The van der Waals surface area contributed by atoms with Gasteiger partial charge in [0.15, 0.2) is 0 Å². The third-order valence-electron chi connectivity index (χ3n) is 2.02. The molecule has 1 heterocycles. The van der Waals surface area contributed by atoms with Gasteiger partial charge in [-0.25, -0.2) is 4.79 Å². The van der Waals surface area contributed by atoms with Crippen LogP contribution in [0.15, 0.2) is 33.2 Å². The molecule has 1 rings (SSSR count). The number of carboxylic acids is 1. The van der Waals surface area contributed by atoms with Crippen molar-refractivity contribution in [2.45, 2.75) is 20.4 Å². The molecule has 0 aliphatic heterocycles. The van der Waals surface area contributed by atoms with E-state index >= 15 is 0 Å². The number of rotatable bonds is 3. The van der Waals surface area contributed by atoms with Gasteiger partial charge in [-0.1, -0.05) is 0 Å². The first-order valence-electron chi connectivity index (χ1n) is 4.67. The second-order valence-electron chi connectivity index (χ2n) is 3.60. The summed E-state index contributed by atoms with van der Waals surface area (Å²) >= 11 is 3.29. The maximum Gasteiger partial charge on any atom is 0.328 e. The highest BCUT2D eigenvalue weighted by Gasteiger charge is 2.03. The topological polar surface area (TPSA) is 59.3 Å². The lowest BCUT2D eigenvalue weighted by molar-refractivity contribution is -0.131. The highest BCUT2D eigenvalue weighted by molar-refractivity contribution is 9.10. The Hall–Kier alpha value is -1.36. The molecule has 86 valence electrons. The maximum atomic E-state index is 11.7. The zero-order chi connectivity index (χ0) is 12.3. The van der Waals surface area contributed by atoms with Crippen LogP contribution in [0.4, 0.5) is 0 Å². The minimum absolute atomic E-state index is 0.110. The molecule has 0 bridgehead atoms. The van der Waals surface area contributed by atoms with Crippen LogP contribution in [0.25, 0.3) is 0 Å². The van der Waals surface area contributed by atoms with Crippen LogP contribution in [0.3, 0.4) is 0 Å². The molecule has 0 radical (unpaired) electrons. The Bertz CT molecular complexity index is 502. The highest BCUT2D eigenvalue weighted by atomic mass is 79.9. The number of hydrogen-bond donors (Lipinski definition) is 1. The first-order valence-corrected chi connectivity index (χ1v) is 5.46. The molecule has 0 saturated heterocycles. The number of carboxylic acid groups (broad SMARTS) is 1.